The lowest BCUT2D eigenvalue weighted by molar-refractivity contribution is -0.137. The number of hydrogen-bond acceptors (Lipinski definition) is 4. The van der Waals surface area contributed by atoms with Crippen LogP contribution in [0.25, 0.3) is 22.0 Å². The van der Waals surface area contributed by atoms with E-state index in [1.807, 2.05) is 6.07 Å². The van der Waals surface area contributed by atoms with Crippen LogP contribution in [0.15, 0.2) is 66.9 Å². The molecule has 4 aromatic rings. The Labute approximate surface area is 194 Å². The van der Waals surface area contributed by atoms with Gasteiger partial charge in [0.15, 0.2) is 11.6 Å². The quantitative estimate of drug-likeness (QED) is 0.362. The number of aliphatic carboxylic acids is 1. The van der Waals surface area contributed by atoms with Gasteiger partial charge in [0.25, 0.3) is 0 Å². The van der Waals surface area contributed by atoms with E-state index in [-0.39, 0.29) is 25.4 Å². The summed E-state index contributed by atoms with van der Waals surface area (Å²) in [6, 6.07) is 16.0. The summed E-state index contributed by atoms with van der Waals surface area (Å²) in [4.78, 5) is 23.2. The van der Waals surface area contributed by atoms with E-state index < -0.39 is 17.6 Å². The van der Waals surface area contributed by atoms with Gasteiger partial charge in [0.05, 0.1) is 19.0 Å². The van der Waals surface area contributed by atoms with Crippen molar-refractivity contribution in [2.24, 2.45) is 0 Å². The van der Waals surface area contributed by atoms with Crippen molar-refractivity contribution in [1.29, 1.82) is 0 Å². The molecule has 0 aliphatic rings. The van der Waals surface area contributed by atoms with Crippen LogP contribution in [0.5, 0.6) is 11.5 Å². The summed E-state index contributed by atoms with van der Waals surface area (Å²) in [7, 11) is 1.48. The Morgan fingerprint density at radius 3 is 2.53 bits per heavy atom. The van der Waals surface area contributed by atoms with Crippen LogP contribution in [0.2, 0.25) is 0 Å². The van der Waals surface area contributed by atoms with Gasteiger partial charge in [-0.25, -0.2) is 8.78 Å². The number of carbonyl (C=O) groups excluding carboxylic acids is 1. The number of carbonyl (C=O) groups is 2. The molecule has 0 fully saturated rings. The molecule has 0 atom stereocenters. The zero-order valence-corrected chi connectivity index (χ0v) is 18.3. The minimum Gasteiger partial charge on any atom is -0.496 e. The Morgan fingerprint density at radius 1 is 0.971 bits per heavy atom. The maximum atomic E-state index is 13.7. The lowest BCUT2D eigenvalue weighted by Gasteiger charge is -2.13. The largest absolute Gasteiger partial charge is 0.496 e. The van der Waals surface area contributed by atoms with Crippen LogP contribution in [-0.4, -0.2) is 28.7 Å². The van der Waals surface area contributed by atoms with E-state index in [0.29, 0.717) is 28.1 Å². The second kappa shape index (κ2) is 9.74. The van der Waals surface area contributed by atoms with E-state index in [4.69, 9.17) is 14.6 Å². The van der Waals surface area contributed by atoms with E-state index in [9.17, 15) is 18.4 Å². The molecule has 0 saturated carbocycles. The van der Waals surface area contributed by atoms with Crippen molar-refractivity contribution < 1.29 is 33.0 Å². The van der Waals surface area contributed by atoms with E-state index in [1.165, 1.54) is 17.7 Å². The Morgan fingerprint density at radius 2 is 1.79 bits per heavy atom. The van der Waals surface area contributed by atoms with Crippen molar-refractivity contribution in [2.45, 2.75) is 19.4 Å². The lowest BCUT2D eigenvalue weighted by Crippen LogP contribution is -2.11. The molecule has 0 saturated heterocycles. The zero-order valence-electron chi connectivity index (χ0n) is 18.3. The van der Waals surface area contributed by atoms with E-state index in [1.54, 1.807) is 42.6 Å². The van der Waals surface area contributed by atoms with Gasteiger partial charge in [0.2, 0.25) is 5.91 Å². The van der Waals surface area contributed by atoms with Crippen molar-refractivity contribution in [1.82, 2.24) is 4.57 Å². The molecular formula is C26H21F2NO5. The number of carboxylic acids is 1. The average molecular weight is 465 g/mol. The molecule has 6 nitrogen and oxygen atoms in total. The fourth-order valence-corrected chi connectivity index (χ4v) is 3.73. The highest BCUT2D eigenvalue weighted by molar-refractivity contribution is 5.94. The highest BCUT2D eigenvalue weighted by Gasteiger charge is 2.14. The third-order valence-corrected chi connectivity index (χ3v) is 5.44. The molecule has 8 heteroatoms. The molecule has 1 N–H and O–H groups in total. The van der Waals surface area contributed by atoms with Gasteiger partial charge in [0, 0.05) is 29.6 Å². The maximum absolute atomic E-state index is 13.7. The van der Waals surface area contributed by atoms with Crippen LogP contribution >= 0.6 is 0 Å². The first-order valence-electron chi connectivity index (χ1n) is 10.5. The van der Waals surface area contributed by atoms with Crippen molar-refractivity contribution in [3.63, 3.8) is 0 Å². The molecule has 3 aromatic carbocycles. The first-order chi connectivity index (χ1) is 16.4. The maximum Gasteiger partial charge on any atom is 0.303 e. The number of methoxy groups -OCH3 is 1. The average Bonchev–Trinajstić information content (AvgIpc) is 3.27. The van der Waals surface area contributed by atoms with Gasteiger partial charge in [0.1, 0.15) is 18.1 Å². The summed E-state index contributed by atoms with van der Waals surface area (Å²) in [6.45, 7) is 0.207. The number of fused-ring (bicyclic) bond motifs is 1. The van der Waals surface area contributed by atoms with Gasteiger partial charge in [-0.3, -0.25) is 14.2 Å². The monoisotopic (exact) mass is 465 g/mol. The second-order valence-corrected chi connectivity index (χ2v) is 7.60. The molecule has 1 heterocycles. The predicted molar refractivity (Wildman–Crippen MR) is 122 cm³/mol. The summed E-state index contributed by atoms with van der Waals surface area (Å²) in [6.07, 6.45) is 1.30. The number of benzene rings is 3. The number of carboxylic acid groups (broad SMARTS) is 1. The number of halogens is 2. The van der Waals surface area contributed by atoms with Crippen LogP contribution in [0, 0.1) is 11.6 Å². The number of hydrogen-bond donors (Lipinski definition) is 1. The van der Waals surface area contributed by atoms with E-state index in [2.05, 4.69) is 0 Å². The highest BCUT2D eigenvalue weighted by atomic mass is 19.2. The van der Waals surface area contributed by atoms with Crippen LogP contribution in [0.4, 0.5) is 8.78 Å². The summed E-state index contributed by atoms with van der Waals surface area (Å²) in [5.41, 5.74) is 2.57. The lowest BCUT2D eigenvalue weighted by atomic mass is 10.0. The molecule has 34 heavy (non-hydrogen) atoms. The van der Waals surface area contributed by atoms with Gasteiger partial charge < -0.3 is 14.6 Å². The second-order valence-electron chi connectivity index (χ2n) is 7.60. The summed E-state index contributed by atoms with van der Waals surface area (Å²) in [5, 5.41) is 9.64. The summed E-state index contributed by atoms with van der Waals surface area (Å²) >= 11 is 0. The predicted octanol–water partition coefficient (Wildman–Crippen LogP) is 5.68. The van der Waals surface area contributed by atoms with Crippen molar-refractivity contribution in [2.75, 3.05) is 7.11 Å². The standard InChI is InChI=1S/C26H21F2NO5/c1-33-24-14-18(6-7-20(24)16-5-8-21(27)22(28)13-16)34-15-17-3-2-4-23-19(17)11-12-29(23)25(30)9-10-26(31)32/h2-8,11-14H,9-10,15H2,1H3,(H,31,32). The van der Waals surface area contributed by atoms with Gasteiger partial charge in [-0.1, -0.05) is 18.2 Å². The van der Waals surface area contributed by atoms with Crippen molar-refractivity contribution >= 4 is 22.8 Å². The fourth-order valence-electron chi connectivity index (χ4n) is 3.73. The molecule has 0 aliphatic heterocycles. The molecule has 4 rings (SSSR count). The third kappa shape index (κ3) is 4.76. The number of aromatic nitrogens is 1. The molecule has 0 spiro atoms. The van der Waals surface area contributed by atoms with Crippen LogP contribution in [-0.2, 0) is 11.4 Å². The molecule has 0 radical (unpaired) electrons. The molecule has 0 bridgehead atoms. The first kappa shape index (κ1) is 23.0. The number of rotatable bonds is 8. The summed E-state index contributed by atoms with van der Waals surface area (Å²) in [5.74, 6) is -2.23. The topological polar surface area (TPSA) is 77.8 Å². The van der Waals surface area contributed by atoms with Gasteiger partial charge in [-0.05, 0) is 47.5 Å². The number of ether oxygens (including phenoxy) is 2. The van der Waals surface area contributed by atoms with Crippen LogP contribution in [0.1, 0.15) is 23.2 Å². The molecule has 0 aliphatic carbocycles. The fraction of sp³-hybridized carbons (Fsp3) is 0.154. The van der Waals surface area contributed by atoms with E-state index in [0.717, 1.165) is 23.1 Å². The van der Waals surface area contributed by atoms with E-state index >= 15 is 0 Å². The third-order valence-electron chi connectivity index (χ3n) is 5.44. The number of nitrogens with zero attached hydrogens (tertiary/aromatic N) is 1. The normalized spacial score (nSPS) is 10.9. The summed E-state index contributed by atoms with van der Waals surface area (Å²) < 4.78 is 39.7. The molecule has 1 aromatic heterocycles. The SMILES string of the molecule is COc1cc(OCc2cccc3c2ccn3C(=O)CCC(=O)O)ccc1-c1ccc(F)c(F)c1. The smallest absolute Gasteiger partial charge is 0.303 e. The van der Waals surface area contributed by atoms with Gasteiger partial charge in [-0.2, -0.15) is 0 Å². The molecule has 174 valence electrons. The molecule has 0 unspecified atom stereocenters. The van der Waals surface area contributed by atoms with Crippen LogP contribution < -0.4 is 9.47 Å². The first-order valence-corrected chi connectivity index (χ1v) is 10.5. The van der Waals surface area contributed by atoms with Crippen molar-refractivity contribution in [3.05, 3.63) is 84.1 Å². The van der Waals surface area contributed by atoms with Gasteiger partial charge >= 0.3 is 5.97 Å². The Bertz CT molecular complexity index is 1380. The Hall–Kier alpha value is -4.20. The Balaban J connectivity index is 1.54. The molecule has 0 amide bonds. The van der Waals surface area contributed by atoms with Crippen LogP contribution in [0.3, 0.4) is 0 Å². The Kier molecular flexibility index (Phi) is 6.58. The minimum absolute atomic E-state index is 0.0933. The van der Waals surface area contributed by atoms with Gasteiger partial charge in [-0.15, -0.1) is 0 Å². The molecular weight excluding hydrogens is 444 g/mol. The zero-order chi connectivity index (χ0) is 24.2. The highest BCUT2D eigenvalue weighted by Crippen LogP contribution is 2.34. The van der Waals surface area contributed by atoms with Crippen molar-refractivity contribution in [3.8, 4) is 22.6 Å². The minimum atomic E-state index is -1.02.